The number of nitrogens with one attached hydrogen (secondary N) is 1. The summed E-state index contributed by atoms with van der Waals surface area (Å²) < 4.78 is 38.8. The predicted octanol–water partition coefficient (Wildman–Crippen LogP) is 6.22. The van der Waals surface area contributed by atoms with Gasteiger partial charge in [-0.1, -0.05) is 42.5 Å². The minimum Gasteiger partial charge on any atom is -0.333 e. The first kappa shape index (κ1) is 24.2. The van der Waals surface area contributed by atoms with Gasteiger partial charge in [0.05, 0.1) is 5.56 Å². The molecule has 0 radical (unpaired) electrons. The fourth-order valence-electron chi connectivity index (χ4n) is 4.43. The standard InChI is InChI=1S/C29H22F3N3O2/c30-29(31,32)22-11-8-19(9-12-22)24-5-1-2-6-25(24)27(36)34-23-13-10-21-18-35(16-14-20(21)17-23)28(37)26-7-3-4-15-33-26/h1-13,15,17H,14,16,18H2,(H,34,36). The molecule has 0 spiro atoms. The van der Waals surface area contributed by atoms with E-state index in [1.54, 1.807) is 59.6 Å². The van der Waals surface area contributed by atoms with Gasteiger partial charge in [0.25, 0.3) is 11.8 Å². The van der Waals surface area contributed by atoms with E-state index in [-0.39, 0.29) is 11.8 Å². The molecule has 1 aliphatic rings. The Morgan fingerprint density at radius 2 is 1.62 bits per heavy atom. The molecule has 5 nitrogen and oxygen atoms in total. The zero-order chi connectivity index (χ0) is 26.0. The Bertz CT molecular complexity index is 1450. The van der Waals surface area contributed by atoms with Gasteiger partial charge in [-0.25, -0.2) is 0 Å². The fourth-order valence-corrected chi connectivity index (χ4v) is 4.43. The molecule has 0 atom stereocenters. The molecule has 4 aromatic rings. The Morgan fingerprint density at radius 3 is 2.35 bits per heavy atom. The molecule has 5 rings (SSSR count). The number of amides is 2. The molecule has 1 aliphatic heterocycles. The number of rotatable bonds is 4. The molecule has 0 saturated heterocycles. The van der Waals surface area contributed by atoms with Crippen LogP contribution in [0.2, 0.25) is 0 Å². The summed E-state index contributed by atoms with van der Waals surface area (Å²) in [5.74, 6) is -0.485. The molecular weight excluding hydrogens is 479 g/mol. The predicted molar refractivity (Wildman–Crippen MR) is 134 cm³/mol. The molecule has 186 valence electrons. The highest BCUT2D eigenvalue weighted by Gasteiger charge is 2.30. The Morgan fingerprint density at radius 1 is 0.865 bits per heavy atom. The number of benzene rings is 3. The van der Waals surface area contributed by atoms with Crippen LogP contribution in [0.4, 0.5) is 18.9 Å². The van der Waals surface area contributed by atoms with E-state index < -0.39 is 11.7 Å². The fraction of sp³-hybridized carbons (Fsp3) is 0.138. The SMILES string of the molecule is O=C(Nc1ccc2c(c1)CCN(C(=O)c1ccccn1)C2)c1ccccc1-c1ccc(C(F)(F)F)cc1. The van der Waals surface area contributed by atoms with Crippen molar-refractivity contribution in [3.63, 3.8) is 0 Å². The van der Waals surface area contributed by atoms with E-state index in [1.807, 2.05) is 12.1 Å². The van der Waals surface area contributed by atoms with Gasteiger partial charge in [0, 0.05) is 30.5 Å². The highest BCUT2D eigenvalue weighted by molar-refractivity contribution is 6.08. The number of hydrogen-bond donors (Lipinski definition) is 1. The number of carbonyl (C=O) groups excluding carboxylic acids is 2. The topological polar surface area (TPSA) is 62.3 Å². The number of fused-ring (bicyclic) bond motifs is 1. The number of anilines is 1. The van der Waals surface area contributed by atoms with Gasteiger partial charge in [-0.15, -0.1) is 0 Å². The summed E-state index contributed by atoms with van der Waals surface area (Å²) in [5.41, 5.74) is 3.71. The van der Waals surface area contributed by atoms with Crippen LogP contribution in [0.1, 0.15) is 37.5 Å². The van der Waals surface area contributed by atoms with E-state index in [0.717, 1.165) is 23.3 Å². The summed E-state index contributed by atoms with van der Waals surface area (Å²) in [6.07, 6.45) is -2.19. The van der Waals surface area contributed by atoms with Gasteiger partial charge in [0.15, 0.2) is 0 Å². The molecule has 2 heterocycles. The van der Waals surface area contributed by atoms with Gasteiger partial charge >= 0.3 is 6.18 Å². The summed E-state index contributed by atoms with van der Waals surface area (Å²) in [6.45, 7) is 0.992. The first-order valence-corrected chi connectivity index (χ1v) is 11.7. The second kappa shape index (κ2) is 9.89. The quantitative estimate of drug-likeness (QED) is 0.361. The van der Waals surface area contributed by atoms with Crippen LogP contribution in [0, 0.1) is 0 Å². The lowest BCUT2D eigenvalue weighted by Crippen LogP contribution is -2.36. The third-order valence-electron chi connectivity index (χ3n) is 6.34. The molecule has 2 amide bonds. The summed E-state index contributed by atoms with van der Waals surface area (Å²) in [4.78, 5) is 31.8. The Hall–Kier alpha value is -4.46. The van der Waals surface area contributed by atoms with Crippen LogP contribution >= 0.6 is 0 Å². The van der Waals surface area contributed by atoms with Crippen molar-refractivity contribution >= 4 is 17.5 Å². The van der Waals surface area contributed by atoms with Crippen LogP contribution in [0.3, 0.4) is 0 Å². The highest BCUT2D eigenvalue weighted by atomic mass is 19.4. The van der Waals surface area contributed by atoms with Crippen LogP contribution in [-0.4, -0.2) is 28.2 Å². The Balaban J connectivity index is 1.32. The number of halogens is 3. The van der Waals surface area contributed by atoms with Gasteiger partial charge in [0.1, 0.15) is 5.69 Å². The van der Waals surface area contributed by atoms with Gasteiger partial charge in [0.2, 0.25) is 0 Å². The van der Waals surface area contributed by atoms with Gasteiger partial charge in [-0.3, -0.25) is 14.6 Å². The van der Waals surface area contributed by atoms with Crippen molar-refractivity contribution in [3.8, 4) is 11.1 Å². The molecular formula is C29H22F3N3O2. The molecule has 0 saturated carbocycles. The van der Waals surface area contributed by atoms with E-state index in [2.05, 4.69) is 10.3 Å². The molecule has 1 aromatic heterocycles. The summed E-state index contributed by atoms with van der Waals surface area (Å²) >= 11 is 0. The lowest BCUT2D eigenvalue weighted by Gasteiger charge is -2.29. The first-order valence-electron chi connectivity index (χ1n) is 11.7. The van der Waals surface area contributed by atoms with Crippen molar-refractivity contribution in [1.82, 2.24) is 9.88 Å². The normalized spacial score (nSPS) is 13.1. The zero-order valence-electron chi connectivity index (χ0n) is 19.6. The van der Waals surface area contributed by atoms with Crippen molar-refractivity contribution in [2.75, 3.05) is 11.9 Å². The number of nitrogens with zero attached hydrogens (tertiary/aromatic N) is 2. The van der Waals surface area contributed by atoms with Crippen LogP contribution in [-0.2, 0) is 19.1 Å². The molecule has 37 heavy (non-hydrogen) atoms. The van der Waals surface area contributed by atoms with Gasteiger partial charge in [-0.2, -0.15) is 13.2 Å². The smallest absolute Gasteiger partial charge is 0.333 e. The Kier molecular flexibility index (Phi) is 6.48. The number of alkyl halides is 3. The first-order chi connectivity index (χ1) is 17.8. The van der Waals surface area contributed by atoms with Crippen molar-refractivity contribution in [2.24, 2.45) is 0 Å². The summed E-state index contributed by atoms with van der Waals surface area (Å²) in [6, 6.07) is 22.4. The maximum atomic E-state index is 13.1. The molecule has 1 N–H and O–H groups in total. The third-order valence-corrected chi connectivity index (χ3v) is 6.34. The maximum Gasteiger partial charge on any atom is 0.416 e. The molecule has 0 aliphatic carbocycles. The molecule has 0 fully saturated rings. The second-order valence-electron chi connectivity index (χ2n) is 8.75. The molecule has 0 unspecified atom stereocenters. The zero-order valence-corrected chi connectivity index (χ0v) is 19.6. The summed E-state index contributed by atoms with van der Waals surface area (Å²) in [5, 5.41) is 2.90. The number of aromatic nitrogens is 1. The largest absolute Gasteiger partial charge is 0.416 e. The van der Waals surface area contributed by atoms with Crippen LogP contribution in [0.15, 0.2) is 91.1 Å². The highest BCUT2D eigenvalue weighted by Crippen LogP contribution is 2.32. The van der Waals surface area contributed by atoms with Crippen LogP contribution in [0.5, 0.6) is 0 Å². The van der Waals surface area contributed by atoms with Crippen molar-refractivity contribution < 1.29 is 22.8 Å². The van der Waals surface area contributed by atoms with Crippen LogP contribution < -0.4 is 5.32 Å². The lowest BCUT2D eigenvalue weighted by atomic mass is 9.97. The third kappa shape index (κ3) is 5.23. The number of pyridine rings is 1. The van der Waals surface area contributed by atoms with Crippen molar-refractivity contribution in [1.29, 1.82) is 0 Å². The van der Waals surface area contributed by atoms with Gasteiger partial charge in [-0.05, 0) is 71.1 Å². The number of hydrogen-bond acceptors (Lipinski definition) is 3. The average Bonchev–Trinajstić information content (AvgIpc) is 2.92. The second-order valence-corrected chi connectivity index (χ2v) is 8.75. The van der Waals surface area contributed by atoms with E-state index >= 15 is 0 Å². The molecule has 3 aromatic carbocycles. The molecule has 8 heteroatoms. The van der Waals surface area contributed by atoms with Crippen LogP contribution in [0.25, 0.3) is 11.1 Å². The summed E-state index contributed by atoms with van der Waals surface area (Å²) in [7, 11) is 0. The van der Waals surface area contributed by atoms with Gasteiger partial charge < -0.3 is 10.2 Å². The van der Waals surface area contributed by atoms with E-state index in [9.17, 15) is 22.8 Å². The van der Waals surface area contributed by atoms with E-state index in [1.165, 1.54) is 12.1 Å². The Labute approximate surface area is 211 Å². The minimum absolute atomic E-state index is 0.122. The average molecular weight is 502 g/mol. The minimum atomic E-state index is -4.43. The number of carbonyl (C=O) groups is 2. The lowest BCUT2D eigenvalue weighted by molar-refractivity contribution is -0.137. The monoisotopic (exact) mass is 501 g/mol. The van der Waals surface area contributed by atoms with E-state index in [4.69, 9.17) is 0 Å². The van der Waals surface area contributed by atoms with Crippen molar-refractivity contribution in [3.05, 3.63) is 119 Å². The maximum absolute atomic E-state index is 13.1. The molecule has 0 bridgehead atoms. The van der Waals surface area contributed by atoms with E-state index in [0.29, 0.717) is 47.6 Å². The van der Waals surface area contributed by atoms with Crippen molar-refractivity contribution in [2.45, 2.75) is 19.1 Å².